The van der Waals surface area contributed by atoms with Gasteiger partial charge in [0.25, 0.3) is 0 Å². The molecule has 4 nitrogen and oxygen atoms in total. The molecule has 0 saturated carbocycles. The van der Waals surface area contributed by atoms with Crippen LogP contribution < -0.4 is 0 Å². The van der Waals surface area contributed by atoms with Crippen LogP contribution in [-0.4, -0.2) is 28.8 Å². The zero-order valence-electron chi connectivity index (χ0n) is 10.9. The summed E-state index contributed by atoms with van der Waals surface area (Å²) in [4.78, 5) is 2.02. The van der Waals surface area contributed by atoms with Crippen LogP contribution in [0, 0.1) is 11.3 Å². The zero-order chi connectivity index (χ0) is 13.0. The summed E-state index contributed by atoms with van der Waals surface area (Å²) >= 11 is 0. The Kier molecular flexibility index (Phi) is 4.24. The van der Waals surface area contributed by atoms with Gasteiger partial charge in [-0.25, -0.2) is 0 Å². The molecular weight excluding hydrogens is 212 g/mol. The lowest BCUT2D eigenvalue weighted by atomic mass is 10.0. The standard InChI is InChI=1S/C13H18N4/c1-6-7-10(2)13-11(9-16(3)4)15-17(5)12(13)8-14/h6-7H,2,9H2,1,3-5H3. The third-order valence-corrected chi connectivity index (χ3v) is 2.38. The third-order valence-electron chi connectivity index (χ3n) is 2.38. The van der Waals surface area contributed by atoms with Gasteiger partial charge >= 0.3 is 0 Å². The van der Waals surface area contributed by atoms with Crippen LogP contribution in [0.1, 0.15) is 23.9 Å². The molecule has 0 spiro atoms. The largest absolute Gasteiger partial charge is 0.303 e. The summed E-state index contributed by atoms with van der Waals surface area (Å²) in [5.41, 5.74) is 3.12. The Hall–Kier alpha value is -1.86. The van der Waals surface area contributed by atoms with Gasteiger partial charge in [0.15, 0.2) is 0 Å². The number of nitriles is 1. The first-order valence-electron chi connectivity index (χ1n) is 5.44. The summed E-state index contributed by atoms with van der Waals surface area (Å²) in [5, 5.41) is 13.6. The van der Waals surface area contributed by atoms with Crippen LogP contribution in [0.5, 0.6) is 0 Å². The molecule has 1 rings (SSSR count). The summed E-state index contributed by atoms with van der Waals surface area (Å²) in [6.45, 7) is 6.62. The predicted molar refractivity (Wildman–Crippen MR) is 69.2 cm³/mol. The molecule has 1 aromatic rings. The van der Waals surface area contributed by atoms with E-state index in [1.54, 1.807) is 11.7 Å². The number of hydrogen-bond donors (Lipinski definition) is 0. The van der Waals surface area contributed by atoms with E-state index in [1.807, 2.05) is 38.1 Å². The highest BCUT2D eigenvalue weighted by atomic mass is 15.3. The molecule has 1 heterocycles. The van der Waals surface area contributed by atoms with Crippen molar-refractivity contribution in [1.29, 1.82) is 5.26 Å². The van der Waals surface area contributed by atoms with Crippen LogP contribution in [0.3, 0.4) is 0 Å². The Morgan fingerprint density at radius 1 is 1.59 bits per heavy atom. The molecule has 0 aliphatic carbocycles. The van der Waals surface area contributed by atoms with Gasteiger partial charge in [-0.2, -0.15) is 10.4 Å². The summed E-state index contributed by atoms with van der Waals surface area (Å²) < 4.78 is 1.61. The minimum Gasteiger partial charge on any atom is -0.303 e. The van der Waals surface area contributed by atoms with Gasteiger partial charge in [-0.15, -0.1) is 0 Å². The maximum Gasteiger partial charge on any atom is 0.146 e. The number of hydrogen-bond acceptors (Lipinski definition) is 3. The van der Waals surface area contributed by atoms with Crippen molar-refractivity contribution >= 4 is 5.57 Å². The summed E-state index contributed by atoms with van der Waals surface area (Å²) in [6.07, 6.45) is 3.81. The summed E-state index contributed by atoms with van der Waals surface area (Å²) in [6, 6.07) is 2.18. The first kappa shape index (κ1) is 13.2. The van der Waals surface area contributed by atoms with Gasteiger partial charge < -0.3 is 4.90 Å². The van der Waals surface area contributed by atoms with Crippen LogP contribution in [-0.2, 0) is 13.6 Å². The fourth-order valence-corrected chi connectivity index (χ4v) is 1.74. The number of rotatable bonds is 4. The van der Waals surface area contributed by atoms with E-state index in [0.29, 0.717) is 12.2 Å². The molecule has 4 heteroatoms. The minimum absolute atomic E-state index is 0.560. The monoisotopic (exact) mass is 230 g/mol. The Bertz CT molecular complexity index is 486. The van der Waals surface area contributed by atoms with Gasteiger partial charge in [0, 0.05) is 19.2 Å². The van der Waals surface area contributed by atoms with Gasteiger partial charge in [-0.05, 0) is 26.6 Å². The fourth-order valence-electron chi connectivity index (χ4n) is 1.74. The van der Waals surface area contributed by atoms with E-state index in [1.165, 1.54) is 0 Å². The van der Waals surface area contributed by atoms with Crippen molar-refractivity contribution in [2.45, 2.75) is 13.5 Å². The summed E-state index contributed by atoms with van der Waals surface area (Å²) in [5.74, 6) is 0. The third kappa shape index (κ3) is 2.83. The topological polar surface area (TPSA) is 44.9 Å². The van der Waals surface area contributed by atoms with Crippen LogP contribution in [0.4, 0.5) is 0 Å². The molecule has 1 aromatic heterocycles. The van der Waals surface area contributed by atoms with Crippen LogP contribution in [0.25, 0.3) is 5.57 Å². The minimum atomic E-state index is 0.560. The molecule has 0 N–H and O–H groups in total. The normalized spacial score (nSPS) is 11.1. The average Bonchev–Trinajstić information content (AvgIpc) is 2.53. The molecule has 0 radical (unpaired) electrons. The molecule has 0 fully saturated rings. The predicted octanol–water partition coefficient (Wildman–Crippen LogP) is 1.94. The van der Waals surface area contributed by atoms with Crippen molar-refractivity contribution in [3.05, 3.63) is 35.7 Å². The molecule has 0 unspecified atom stereocenters. The van der Waals surface area contributed by atoms with Crippen LogP contribution in [0.15, 0.2) is 18.7 Å². The van der Waals surface area contributed by atoms with E-state index in [9.17, 15) is 5.26 Å². The van der Waals surface area contributed by atoms with Gasteiger partial charge in [-0.1, -0.05) is 18.7 Å². The maximum atomic E-state index is 9.17. The van der Waals surface area contributed by atoms with E-state index in [2.05, 4.69) is 17.7 Å². The molecule has 0 amide bonds. The van der Waals surface area contributed by atoms with Crippen LogP contribution >= 0.6 is 0 Å². The Morgan fingerprint density at radius 3 is 2.71 bits per heavy atom. The Balaban J connectivity index is 3.32. The average molecular weight is 230 g/mol. The van der Waals surface area contributed by atoms with E-state index in [0.717, 1.165) is 16.8 Å². The fraction of sp³-hybridized carbons (Fsp3) is 0.385. The first-order chi connectivity index (χ1) is 8.01. The molecule has 0 atom stereocenters. The van der Waals surface area contributed by atoms with Crippen molar-refractivity contribution in [3.63, 3.8) is 0 Å². The smallest absolute Gasteiger partial charge is 0.146 e. The van der Waals surface area contributed by atoms with Crippen molar-refractivity contribution in [3.8, 4) is 6.07 Å². The lowest BCUT2D eigenvalue weighted by Crippen LogP contribution is -2.12. The molecule has 0 aliphatic rings. The molecule has 17 heavy (non-hydrogen) atoms. The summed E-state index contributed by atoms with van der Waals surface area (Å²) in [7, 11) is 5.73. The maximum absolute atomic E-state index is 9.17. The lowest BCUT2D eigenvalue weighted by Gasteiger charge is -2.08. The van der Waals surface area contributed by atoms with E-state index in [-0.39, 0.29) is 0 Å². The molecule has 90 valence electrons. The molecule has 0 saturated heterocycles. The second-order valence-electron chi connectivity index (χ2n) is 4.17. The van der Waals surface area contributed by atoms with Crippen molar-refractivity contribution in [2.24, 2.45) is 7.05 Å². The molecule has 0 bridgehead atoms. The van der Waals surface area contributed by atoms with Gasteiger partial charge in [0.05, 0.1) is 5.69 Å². The van der Waals surface area contributed by atoms with Crippen molar-refractivity contribution < 1.29 is 0 Å². The van der Waals surface area contributed by atoms with E-state index < -0.39 is 0 Å². The Morgan fingerprint density at radius 2 is 2.24 bits per heavy atom. The number of aryl methyl sites for hydroxylation is 1. The second-order valence-corrected chi connectivity index (χ2v) is 4.17. The van der Waals surface area contributed by atoms with Crippen molar-refractivity contribution in [1.82, 2.24) is 14.7 Å². The highest BCUT2D eigenvalue weighted by Gasteiger charge is 2.17. The number of aromatic nitrogens is 2. The van der Waals surface area contributed by atoms with Gasteiger partial charge in [-0.3, -0.25) is 4.68 Å². The zero-order valence-corrected chi connectivity index (χ0v) is 10.9. The SMILES string of the molecule is C=C(C=CC)c1c(CN(C)C)nn(C)c1C#N. The molecule has 0 aliphatic heterocycles. The Labute approximate surface area is 102 Å². The highest BCUT2D eigenvalue weighted by molar-refractivity contribution is 5.76. The number of allylic oxidation sites excluding steroid dienone is 3. The molecular formula is C13H18N4. The van der Waals surface area contributed by atoms with Crippen LogP contribution in [0.2, 0.25) is 0 Å². The van der Waals surface area contributed by atoms with E-state index >= 15 is 0 Å². The lowest BCUT2D eigenvalue weighted by molar-refractivity contribution is 0.394. The quantitative estimate of drug-likeness (QED) is 0.742. The second kappa shape index (κ2) is 5.46. The first-order valence-corrected chi connectivity index (χ1v) is 5.44. The van der Waals surface area contributed by atoms with Gasteiger partial charge in [0.2, 0.25) is 0 Å². The number of nitrogens with zero attached hydrogens (tertiary/aromatic N) is 4. The van der Waals surface area contributed by atoms with Gasteiger partial charge in [0.1, 0.15) is 11.8 Å². The van der Waals surface area contributed by atoms with E-state index in [4.69, 9.17) is 0 Å². The van der Waals surface area contributed by atoms with Crippen molar-refractivity contribution in [2.75, 3.05) is 14.1 Å². The molecule has 0 aromatic carbocycles. The highest BCUT2D eigenvalue weighted by Crippen LogP contribution is 2.23.